The van der Waals surface area contributed by atoms with Gasteiger partial charge in [0.25, 0.3) is 0 Å². The maximum absolute atomic E-state index is 4.04. The summed E-state index contributed by atoms with van der Waals surface area (Å²) in [5, 5.41) is 0. The number of hydrogen-bond acceptors (Lipinski definition) is 1. The second-order valence-corrected chi connectivity index (χ2v) is 3.06. The zero-order chi connectivity index (χ0) is 5.11. The van der Waals surface area contributed by atoms with E-state index in [9.17, 15) is 0 Å². The number of pyridine rings is 1. The van der Waals surface area contributed by atoms with Crippen LogP contribution in [0, 0.1) is 0 Å². The van der Waals surface area contributed by atoms with E-state index in [0.29, 0.717) is 0 Å². The Kier molecular flexibility index (Phi) is 1.74. The van der Waals surface area contributed by atoms with Crippen molar-refractivity contribution in [3.8, 4) is 0 Å². The van der Waals surface area contributed by atoms with Crippen LogP contribution in [0.1, 0.15) is 0 Å². The zero-order valence-electron chi connectivity index (χ0n) is 3.76. The summed E-state index contributed by atoms with van der Waals surface area (Å²) in [7, 11) is 0. The van der Waals surface area contributed by atoms with Gasteiger partial charge in [-0.15, -0.1) is 0 Å². The Bertz CT molecular complexity index is 138. The van der Waals surface area contributed by atoms with Gasteiger partial charge in [-0.25, -0.2) is 0 Å². The minimum atomic E-state index is 1.06. The first-order valence-corrected chi connectivity index (χ1v) is 3.82. The van der Waals surface area contributed by atoms with Gasteiger partial charge >= 0.3 is 57.2 Å². The Balaban J connectivity index is 3.02. The van der Waals surface area contributed by atoms with Crippen LogP contribution >= 0.6 is 0 Å². The van der Waals surface area contributed by atoms with Crippen LogP contribution in [0.15, 0.2) is 24.4 Å². The fourth-order valence-electron chi connectivity index (χ4n) is 0.363. The van der Waals surface area contributed by atoms with Crippen molar-refractivity contribution >= 4 is 3.45 Å². The zero-order valence-corrected chi connectivity index (χ0v) is 7.35. The van der Waals surface area contributed by atoms with E-state index < -0.39 is 0 Å². The molecule has 0 unspecified atom stereocenters. The molecule has 0 spiro atoms. The third kappa shape index (κ3) is 1.51. The molecule has 0 aliphatic carbocycles. The van der Waals surface area contributed by atoms with Crippen LogP contribution in [0.5, 0.6) is 0 Å². The molecule has 0 radical (unpaired) electrons. The first-order valence-electron chi connectivity index (χ1n) is 2.02. The molecule has 0 aliphatic heterocycles. The third-order valence-corrected chi connectivity index (χ3v) is 1.73. The second kappa shape index (κ2) is 2.36. The van der Waals surface area contributed by atoms with E-state index in [4.69, 9.17) is 0 Å². The van der Waals surface area contributed by atoms with E-state index in [1.54, 1.807) is 0 Å². The van der Waals surface area contributed by atoms with Crippen molar-refractivity contribution in [1.29, 1.82) is 0 Å². The van der Waals surface area contributed by atoms with E-state index in [2.05, 4.69) is 4.98 Å². The van der Waals surface area contributed by atoms with Gasteiger partial charge in [0.2, 0.25) is 0 Å². The molecule has 1 aromatic rings. The van der Waals surface area contributed by atoms with Crippen molar-refractivity contribution < 1.29 is 24.4 Å². The molecule has 1 nitrogen and oxygen atoms in total. The van der Waals surface area contributed by atoms with Crippen molar-refractivity contribution in [3.05, 3.63) is 24.4 Å². The van der Waals surface area contributed by atoms with Crippen molar-refractivity contribution in [1.82, 2.24) is 4.98 Å². The van der Waals surface area contributed by atoms with Crippen LogP contribution in [0.25, 0.3) is 0 Å². The van der Waals surface area contributed by atoms with E-state index >= 15 is 0 Å². The van der Waals surface area contributed by atoms with Crippen LogP contribution in [0.3, 0.4) is 0 Å². The maximum atomic E-state index is 4.04. The summed E-state index contributed by atoms with van der Waals surface area (Å²) in [6, 6.07) is 5.98. The fourth-order valence-corrected chi connectivity index (χ4v) is 0.976. The number of hydrogen-bond donors (Lipinski definition) is 0. The molecule has 2 heteroatoms. The summed E-state index contributed by atoms with van der Waals surface area (Å²) in [5.41, 5.74) is 0. The van der Waals surface area contributed by atoms with Crippen LogP contribution in [-0.2, 0) is 24.4 Å². The summed E-state index contributed by atoms with van der Waals surface area (Å²) in [4.78, 5) is 4.04. The van der Waals surface area contributed by atoms with Crippen LogP contribution < -0.4 is 3.45 Å². The molecule has 0 aromatic carbocycles. The van der Waals surface area contributed by atoms with Crippen molar-refractivity contribution in [2.75, 3.05) is 0 Å². The van der Waals surface area contributed by atoms with Gasteiger partial charge in [0.1, 0.15) is 0 Å². The Morgan fingerprint density at radius 2 is 2.29 bits per heavy atom. The van der Waals surface area contributed by atoms with Gasteiger partial charge in [-0.05, 0) is 0 Å². The topological polar surface area (TPSA) is 12.9 Å². The average molecular weight is 257 g/mol. The molecule has 7 heavy (non-hydrogen) atoms. The Morgan fingerprint density at radius 3 is 2.57 bits per heavy atom. The molecule has 0 N–H and O–H groups in total. The minimum absolute atomic E-state index is 1.06. The summed E-state index contributed by atoms with van der Waals surface area (Å²) in [5.74, 6) is 0. The molecule has 0 saturated carbocycles. The van der Waals surface area contributed by atoms with Gasteiger partial charge in [0, 0.05) is 0 Å². The van der Waals surface area contributed by atoms with Gasteiger partial charge in [-0.2, -0.15) is 0 Å². The van der Waals surface area contributed by atoms with Gasteiger partial charge < -0.3 is 0 Å². The monoisotopic (exact) mass is 258 g/mol. The summed E-state index contributed by atoms with van der Waals surface area (Å²) >= 11 is 1.06. The van der Waals surface area contributed by atoms with E-state index in [1.165, 1.54) is 3.45 Å². The predicted molar refractivity (Wildman–Crippen MR) is 23.9 cm³/mol. The molecule has 0 atom stereocenters. The van der Waals surface area contributed by atoms with E-state index in [1.807, 2.05) is 24.4 Å². The Labute approximate surface area is 57.3 Å². The normalized spacial score (nSPS) is 8.43. The second-order valence-electron chi connectivity index (χ2n) is 1.21. The standard InChI is InChI=1S/C5H4N.Hf/c1-2-4-6-5-3-1;/h1-4H;. The molecule has 33 valence electrons. The van der Waals surface area contributed by atoms with Crippen molar-refractivity contribution in [2.24, 2.45) is 0 Å². The first kappa shape index (κ1) is 5.16. The van der Waals surface area contributed by atoms with Gasteiger partial charge in [0.15, 0.2) is 0 Å². The third-order valence-electron chi connectivity index (χ3n) is 0.665. The quantitative estimate of drug-likeness (QED) is 0.607. The first-order chi connectivity index (χ1) is 3.39. The molecular formula is C5H4HfN. The predicted octanol–water partition coefficient (Wildman–Crippen LogP) is 0.254. The SMILES string of the molecule is [Hf][c]1ccccn1. The number of nitrogens with zero attached hydrogens (tertiary/aromatic N) is 1. The van der Waals surface area contributed by atoms with E-state index in [-0.39, 0.29) is 0 Å². The van der Waals surface area contributed by atoms with Gasteiger partial charge in [0.05, 0.1) is 0 Å². The van der Waals surface area contributed by atoms with Gasteiger partial charge in [-0.3, -0.25) is 0 Å². The van der Waals surface area contributed by atoms with E-state index in [0.717, 1.165) is 24.4 Å². The molecule has 0 amide bonds. The molecule has 1 aromatic heterocycles. The molecule has 0 saturated heterocycles. The molecular weight excluding hydrogens is 253 g/mol. The summed E-state index contributed by atoms with van der Waals surface area (Å²) in [6.07, 6.45) is 1.82. The van der Waals surface area contributed by atoms with Crippen molar-refractivity contribution in [3.63, 3.8) is 0 Å². The molecule has 0 fully saturated rings. The van der Waals surface area contributed by atoms with Crippen LogP contribution in [0.2, 0.25) is 0 Å². The summed E-state index contributed by atoms with van der Waals surface area (Å²) in [6.45, 7) is 0. The average Bonchev–Trinajstić information content (AvgIpc) is 1.69. The van der Waals surface area contributed by atoms with Crippen LogP contribution in [0.4, 0.5) is 0 Å². The number of rotatable bonds is 0. The Hall–Kier alpha value is 0.0201. The van der Waals surface area contributed by atoms with Gasteiger partial charge in [-0.1, -0.05) is 0 Å². The number of aromatic nitrogens is 1. The molecule has 1 rings (SSSR count). The molecule has 0 bridgehead atoms. The molecule has 1 heterocycles. The Morgan fingerprint density at radius 1 is 1.43 bits per heavy atom. The van der Waals surface area contributed by atoms with Crippen molar-refractivity contribution in [2.45, 2.75) is 0 Å². The van der Waals surface area contributed by atoms with Crippen LogP contribution in [-0.4, -0.2) is 4.98 Å². The fraction of sp³-hybridized carbons (Fsp3) is 0. The molecule has 0 aliphatic rings. The summed E-state index contributed by atoms with van der Waals surface area (Å²) < 4.78 is 1.21.